The molecule has 2 heteroatoms. The minimum atomic E-state index is 0.280. The molecular weight excluding hydrogens is 186 g/mol. The zero-order valence-electron chi connectivity index (χ0n) is 10.0. The van der Waals surface area contributed by atoms with Crippen molar-refractivity contribution in [3.05, 3.63) is 0 Å². The molecule has 2 fully saturated rings. The first-order valence-corrected chi connectivity index (χ1v) is 6.45. The van der Waals surface area contributed by atoms with E-state index in [4.69, 9.17) is 0 Å². The second kappa shape index (κ2) is 4.65. The zero-order chi connectivity index (χ0) is 10.8. The summed E-state index contributed by atoms with van der Waals surface area (Å²) in [5, 5.41) is 0. The van der Waals surface area contributed by atoms with E-state index in [1.54, 1.807) is 0 Å². The lowest BCUT2D eigenvalue weighted by Gasteiger charge is -2.30. The molecule has 2 unspecified atom stereocenters. The summed E-state index contributed by atoms with van der Waals surface area (Å²) in [6, 6.07) is 0.280. The van der Waals surface area contributed by atoms with Gasteiger partial charge in [0, 0.05) is 13.0 Å². The van der Waals surface area contributed by atoms with Crippen molar-refractivity contribution in [2.75, 3.05) is 13.1 Å². The number of ketones is 1. The molecule has 2 aliphatic rings. The van der Waals surface area contributed by atoms with Crippen LogP contribution in [0.2, 0.25) is 0 Å². The summed E-state index contributed by atoms with van der Waals surface area (Å²) < 4.78 is 0. The van der Waals surface area contributed by atoms with Gasteiger partial charge in [0.1, 0.15) is 5.78 Å². The third-order valence-corrected chi connectivity index (χ3v) is 4.16. The van der Waals surface area contributed by atoms with Crippen LogP contribution in [0.3, 0.4) is 0 Å². The molecule has 1 aliphatic carbocycles. The lowest BCUT2D eigenvalue weighted by Crippen LogP contribution is -2.41. The van der Waals surface area contributed by atoms with Gasteiger partial charge in [-0.15, -0.1) is 0 Å². The smallest absolute Gasteiger partial charge is 0.149 e. The fraction of sp³-hybridized carbons (Fsp3) is 0.923. The van der Waals surface area contributed by atoms with Gasteiger partial charge in [-0.05, 0) is 37.6 Å². The van der Waals surface area contributed by atoms with Crippen molar-refractivity contribution >= 4 is 5.78 Å². The van der Waals surface area contributed by atoms with E-state index in [2.05, 4.69) is 18.7 Å². The van der Waals surface area contributed by atoms with Crippen LogP contribution in [0.15, 0.2) is 0 Å². The molecule has 1 saturated heterocycles. The maximum atomic E-state index is 11.8. The Balaban J connectivity index is 1.92. The van der Waals surface area contributed by atoms with Crippen molar-refractivity contribution in [3.63, 3.8) is 0 Å². The predicted octanol–water partition coefficient (Wildman–Crippen LogP) is 2.48. The minimum Gasteiger partial charge on any atom is -0.298 e. The molecule has 86 valence electrons. The normalized spacial score (nSPS) is 33.9. The van der Waals surface area contributed by atoms with E-state index >= 15 is 0 Å². The number of nitrogens with zero attached hydrogens (tertiary/aromatic N) is 1. The summed E-state index contributed by atoms with van der Waals surface area (Å²) in [5.74, 6) is 2.10. The molecule has 0 aromatic heterocycles. The van der Waals surface area contributed by atoms with Gasteiger partial charge in [-0.25, -0.2) is 0 Å². The number of hydrogen-bond acceptors (Lipinski definition) is 2. The van der Waals surface area contributed by atoms with Gasteiger partial charge in [0.25, 0.3) is 0 Å². The lowest BCUT2D eigenvalue weighted by atomic mass is 9.92. The average Bonchev–Trinajstić information content (AvgIpc) is 2.67. The van der Waals surface area contributed by atoms with Crippen LogP contribution in [0, 0.1) is 11.8 Å². The van der Waals surface area contributed by atoms with E-state index < -0.39 is 0 Å². The van der Waals surface area contributed by atoms with Crippen molar-refractivity contribution in [1.29, 1.82) is 0 Å². The summed E-state index contributed by atoms with van der Waals surface area (Å²) in [4.78, 5) is 14.3. The molecule has 0 amide bonds. The molecule has 1 aliphatic heterocycles. The molecular formula is C13H23NO. The largest absolute Gasteiger partial charge is 0.298 e. The maximum absolute atomic E-state index is 11.8. The Hall–Kier alpha value is -0.370. The molecule has 1 saturated carbocycles. The van der Waals surface area contributed by atoms with Gasteiger partial charge in [0.05, 0.1) is 6.04 Å². The highest BCUT2D eigenvalue weighted by molar-refractivity contribution is 5.84. The number of likely N-dealkylation sites (tertiary alicyclic amines) is 1. The topological polar surface area (TPSA) is 20.3 Å². The highest BCUT2D eigenvalue weighted by Gasteiger charge is 2.34. The monoisotopic (exact) mass is 209 g/mol. The van der Waals surface area contributed by atoms with Gasteiger partial charge >= 0.3 is 0 Å². The Morgan fingerprint density at radius 1 is 1.27 bits per heavy atom. The van der Waals surface area contributed by atoms with Crippen LogP contribution in [-0.4, -0.2) is 29.8 Å². The Bertz CT molecular complexity index is 237. The fourth-order valence-electron chi connectivity index (χ4n) is 2.99. The average molecular weight is 209 g/mol. The van der Waals surface area contributed by atoms with Crippen LogP contribution in [0.1, 0.15) is 46.0 Å². The molecule has 2 rings (SSSR count). The molecule has 0 bridgehead atoms. The third kappa shape index (κ3) is 2.41. The molecule has 2 atom stereocenters. The van der Waals surface area contributed by atoms with Crippen LogP contribution in [0.4, 0.5) is 0 Å². The molecule has 0 radical (unpaired) electrons. The number of carbonyl (C=O) groups is 1. The van der Waals surface area contributed by atoms with E-state index in [-0.39, 0.29) is 6.04 Å². The van der Waals surface area contributed by atoms with E-state index in [1.807, 2.05) is 0 Å². The van der Waals surface area contributed by atoms with E-state index in [0.717, 1.165) is 44.2 Å². The molecule has 0 spiro atoms. The molecule has 0 N–H and O–H groups in total. The van der Waals surface area contributed by atoms with Crippen LogP contribution < -0.4 is 0 Å². The number of carbonyl (C=O) groups excluding carboxylic acids is 1. The quantitative estimate of drug-likeness (QED) is 0.696. The van der Waals surface area contributed by atoms with E-state index in [1.165, 1.54) is 12.8 Å². The van der Waals surface area contributed by atoms with Crippen molar-refractivity contribution in [3.8, 4) is 0 Å². The summed E-state index contributed by atoms with van der Waals surface area (Å²) in [7, 11) is 0. The number of rotatable bonds is 2. The summed E-state index contributed by atoms with van der Waals surface area (Å²) >= 11 is 0. The Morgan fingerprint density at radius 2 is 2.07 bits per heavy atom. The van der Waals surface area contributed by atoms with Crippen molar-refractivity contribution in [2.45, 2.75) is 52.0 Å². The molecule has 15 heavy (non-hydrogen) atoms. The number of hydrogen-bond donors (Lipinski definition) is 0. The van der Waals surface area contributed by atoms with Crippen LogP contribution >= 0.6 is 0 Å². The van der Waals surface area contributed by atoms with Gasteiger partial charge in [-0.1, -0.05) is 20.3 Å². The maximum Gasteiger partial charge on any atom is 0.149 e. The summed E-state index contributed by atoms with van der Waals surface area (Å²) in [6.07, 6.45) is 5.61. The highest BCUT2D eigenvalue weighted by atomic mass is 16.1. The lowest BCUT2D eigenvalue weighted by molar-refractivity contribution is -0.125. The first-order chi connectivity index (χ1) is 7.18. The van der Waals surface area contributed by atoms with Gasteiger partial charge in [0.15, 0.2) is 0 Å². The van der Waals surface area contributed by atoms with Gasteiger partial charge in [-0.3, -0.25) is 9.69 Å². The van der Waals surface area contributed by atoms with Crippen LogP contribution in [0.25, 0.3) is 0 Å². The summed E-state index contributed by atoms with van der Waals surface area (Å²) in [5.41, 5.74) is 0. The van der Waals surface area contributed by atoms with Gasteiger partial charge in [0.2, 0.25) is 0 Å². The third-order valence-electron chi connectivity index (χ3n) is 4.16. The first-order valence-electron chi connectivity index (χ1n) is 6.45. The van der Waals surface area contributed by atoms with E-state index in [9.17, 15) is 4.79 Å². The molecule has 0 aromatic rings. The van der Waals surface area contributed by atoms with Gasteiger partial charge in [-0.2, -0.15) is 0 Å². The highest BCUT2D eigenvalue weighted by Crippen LogP contribution is 2.29. The van der Waals surface area contributed by atoms with Gasteiger partial charge < -0.3 is 0 Å². The van der Waals surface area contributed by atoms with Crippen LogP contribution in [-0.2, 0) is 4.79 Å². The van der Waals surface area contributed by atoms with Crippen LogP contribution in [0.5, 0.6) is 0 Å². The fourth-order valence-corrected chi connectivity index (χ4v) is 2.99. The number of Topliss-reactive ketones (excluding diaryl/α,β-unsaturated/α-hetero) is 1. The zero-order valence-corrected chi connectivity index (χ0v) is 10.0. The minimum absolute atomic E-state index is 0.280. The van der Waals surface area contributed by atoms with Crippen molar-refractivity contribution in [1.82, 2.24) is 4.90 Å². The summed E-state index contributed by atoms with van der Waals surface area (Å²) in [6.45, 7) is 6.92. The molecule has 0 aromatic carbocycles. The second-order valence-corrected chi connectivity index (χ2v) is 5.52. The van der Waals surface area contributed by atoms with Crippen molar-refractivity contribution in [2.24, 2.45) is 11.8 Å². The molecule has 1 heterocycles. The predicted molar refractivity (Wildman–Crippen MR) is 61.8 cm³/mol. The standard InChI is InChI=1S/C13H23NO/c1-10(2)11-7-8-14(9-11)12-5-3-4-6-13(12)15/h10-12H,3-9H2,1-2H3. The second-order valence-electron chi connectivity index (χ2n) is 5.52. The van der Waals surface area contributed by atoms with E-state index in [0.29, 0.717) is 5.78 Å². The SMILES string of the molecule is CC(C)C1CCN(C2CCCCC2=O)C1. The Kier molecular flexibility index (Phi) is 3.45. The first kappa shape index (κ1) is 11.1. The molecule has 2 nitrogen and oxygen atoms in total. The Morgan fingerprint density at radius 3 is 2.67 bits per heavy atom. The Labute approximate surface area is 93.0 Å². The van der Waals surface area contributed by atoms with Crippen molar-refractivity contribution < 1.29 is 4.79 Å².